The van der Waals surface area contributed by atoms with Crippen molar-refractivity contribution in [3.05, 3.63) is 39.0 Å². The second-order valence-electron chi connectivity index (χ2n) is 4.93. The van der Waals surface area contributed by atoms with Crippen LogP contribution in [0.4, 0.5) is 4.39 Å². The van der Waals surface area contributed by atoms with Crippen molar-refractivity contribution in [2.45, 2.75) is 49.9 Å². The van der Waals surface area contributed by atoms with Gasteiger partial charge in [-0.25, -0.2) is 4.39 Å². The Balaban J connectivity index is 3.07. The van der Waals surface area contributed by atoms with Gasteiger partial charge in [-0.2, -0.15) is 0 Å². The molecular weight excluding hydrogens is 357 g/mol. The first-order valence-electron chi connectivity index (χ1n) is 7.29. The van der Waals surface area contributed by atoms with Gasteiger partial charge in [0.25, 0.3) is 5.91 Å². The largest absolute Gasteiger partial charge is 0.462 e. The topological polar surface area (TPSA) is 92.1 Å². The summed E-state index contributed by atoms with van der Waals surface area (Å²) in [6, 6.07) is 2.13. The van der Waals surface area contributed by atoms with Gasteiger partial charge in [0.15, 0.2) is 0 Å². The van der Waals surface area contributed by atoms with Gasteiger partial charge < -0.3 is 4.74 Å². The molecule has 9 heteroatoms. The molecule has 6 nitrogen and oxygen atoms in total. The van der Waals surface area contributed by atoms with Crippen molar-refractivity contribution in [2.75, 3.05) is 0 Å². The summed E-state index contributed by atoms with van der Waals surface area (Å²) in [5, 5.41) is 2.38. The van der Waals surface area contributed by atoms with Crippen molar-refractivity contribution >= 4 is 35.2 Å². The van der Waals surface area contributed by atoms with Crippen LogP contribution in [0.15, 0.2) is 22.1 Å². The van der Waals surface area contributed by atoms with Crippen molar-refractivity contribution in [2.24, 2.45) is 5.11 Å². The molecule has 0 fully saturated rings. The van der Waals surface area contributed by atoms with Crippen LogP contribution >= 0.6 is 23.4 Å². The molecule has 130 valence electrons. The summed E-state index contributed by atoms with van der Waals surface area (Å²) in [5.74, 6) is -2.35. The quantitative estimate of drug-likeness (QED) is 0.217. The second-order valence-corrected chi connectivity index (χ2v) is 6.58. The van der Waals surface area contributed by atoms with Gasteiger partial charge in [0, 0.05) is 9.81 Å². The van der Waals surface area contributed by atoms with Gasteiger partial charge in [0.1, 0.15) is 11.1 Å². The van der Waals surface area contributed by atoms with E-state index in [9.17, 15) is 14.0 Å². The SMILES string of the molecule is CCC(C)OC(=O)C(CC)Sc1cc(C(=O)N=[N+]=[N-])c(F)cc1Cl. The fraction of sp³-hybridized carbons (Fsp3) is 0.467. The molecule has 1 rings (SSSR count). The first-order valence-corrected chi connectivity index (χ1v) is 8.55. The van der Waals surface area contributed by atoms with Crippen LogP contribution < -0.4 is 0 Å². The third-order valence-corrected chi connectivity index (χ3v) is 5.01. The lowest BCUT2D eigenvalue weighted by Crippen LogP contribution is -2.24. The van der Waals surface area contributed by atoms with Crippen LogP contribution in [-0.2, 0) is 9.53 Å². The fourth-order valence-corrected chi connectivity index (χ4v) is 2.95. The maximum atomic E-state index is 13.8. The number of halogens is 2. The molecule has 2 atom stereocenters. The summed E-state index contributed by atoms with van der Waals surface area (Å²) in [6.45, 7) is 5.49. The zero-order valence-electron chi connectivity index (χ0n) is 13.5. The molecule has 0 radical (unpaired) electrons. The number of azide groups is 1. The van der Waals surface area contributed by atoms with Crippen molar-refractivity contribution in [1.82, 2.24) is 0 Å². The van der Waals surface area contributed by atoms with Gasteiger partial charge >= 0.3 is 5.97 Å². The average molecular weight is 374 g/mol. The maximum absolute atomic E-state index is 13.8. The highest BCUT2D eigenvalue weighted by atomic mass is 35.5. The molecule has 24 heavy (non-hydrogen) atoms. The van der Waals surface area contributed by atoms with Crippen LogP contribution in [0.1, 0.15) is 44.0 Å². The number of ether oxygens (including phenoxy) is 1. The predicted octanol–water partition coefficient (Wildman–Crippen LogP) is 5.14. The molecule has 1 amide bonds. The van der Waals surface area contributed by atoms with Crippen LogP contribution in [0.2, 0.25) is 5.02 Å². The highest BCUT2D eigenvalue weighted by Crippen LogP contribution is 2.34. The van der Waals surface area contributed by atoms with Crippen LogP contribution in [0.25, 0.3) is 10.4 Å². The minimum Gasteiger partial charge on any atom is -0.462 e. The highest BCUT2D eigenvalue weighted by molar-refractivity contribution is 8.00. The molecule has 0 bridgehead atoms. The highest BCUT2D eigenvalue weighted by Gasteiger charge is 2.24. The van der Waals surface area contributed by atoms with Crippen LogP contribution in [-0.4, -0.2) is 23.2 Å². The van der Waals surface area contributed by atoms with Gasteiger partial charge in [-0.3, -0.25) is 9.59 Å². The van der Waals surface area contributed by atoms with E-state index in [1.807, 2.05) is 6.92 Å². The van der Waals surface area contributed by atoms with E-state index < -0.39 is 28.5 Å². The Bertz CT molecular complexity index is 680. The van der Waals surface area contributed by atoms with Crippen LogP contribution in [0.3, 0.4) is 0 Å². The summed E-state index contributed by atoms with van der Waals surface area (Å²) in [6.07, 6.45) is 0.945. The zero-order chi connectivity index (χ0) is 18.3. The lowest BCUT2D eigenvalue weighted by molar-refractivity contribution is -0.147. The molecule has 0 N–H and O–H groups in total. The van der Waals surface area contributed by atoms with Gasteiger partial charge in [-0.05, 0) is 42.5 Å². The number of thioether (sulfide) groups is 1. The molecule has 1 aromatic rings. The molecule has 0 aliphatic rings. The Labute approximate surface area is 148 Å². The lowest BCUT2D eigenvalue weighted by Gasteiger charge is -2.18. The van der Waals surface area contributed by atoms with E-state index in [1.165, 1.54) is 6.07 Å². The van der Waals surface area contributed by atoms with Gasteiger partial charge in [-0.1, -0.05) is 25.4 Å². The maximum Gasteiger partial charge on any atom is 0.319 e. The first-order chi connectivity index (χ1) is 11.3. The van der Waals surface area contributed by atoms with Gasteiger partial charge in [-0.15, -0.1) is 11.8 Å². The monoisotopic (exact) mass is 373 g/mol. The van der Waals surface area contributed by atoms with Crippen LogP contribution in [0, 0.1) is 5.82 Å². The number of esters is 1. The normalized spacial score (nSPS) is 12.9. The molecular formula is C15H17ClFN3O3S. The van der Waals surface area contributed by atoms with Gasteiger partial charge in [0.2, 0.25) is 0 Å². The van der Waals surface area contributed by atoms with E-state index in [4.69, 9.17) is 21.9 Å². The Hall–Kier alpha value is -1.76. The summed E-state index contributed by atoms with van der Waals surface area (Å²) >= 11 is 7.07. The van der Waals surface area contributed by atoms with Crippen LogP contribution in [0.5, 0.6) is 0 Å². The lowest BCUT2D eigenvalue weighted by atomic mass is 10.2. The summed E-state index contributed by atoms with van der Waals surface area (Å²) < 4.78 is 19.1. The molecule has 0 heterocycles. The number of carbonyl (C=O) groups excluding carboxylic acids is 2. The molecule has 1 aromatic carbocycles. The summed E-state index contributed by atoms with van der Waals surface area (Å²) in [4.78, 5) is 26.4. The Kier molecular flexibility index (Phi) is 8.04. The molecule has 0 aromatic heterocycles. The number of hydrogen-bond donors (Lipinski definition) is 0. The third-order valence-electron chi connectivity index (χ3n) is 3.18. The smallest absolute Gasteiger partial charge is 0.319 e. The van der Waals surface area contributed by atoms with E-state index in [1.54, 1.807) is 13.8 Å². The number of rotatable bonds is 7. The third kappa shape index (κ3) is 5.40. The van der Waals surface area contributed by atoms with Crippen molar-refractivity contribution in [3.63, 3.8) is 0 Å². The van der Waals surface area contributed by atoms with Crippen molar-refractivity contribution in [1.29, 1.82) is 0 Å². The van der Waals surface area contributed by atoms with Crippen molar-refractivity contribution < 1.29 is 18.7 Å². The minimum atomic E-state index is -1.05. The summed E-state index contributed by atoms with van der Waals surface area (Å²) in [7, 11) is 0. The number of carbonyl (C=O) groups is 2. The Morgan fingerprint density at radius 2 is 2.08 bits per heavy atom. The second kappa shape index (κ2) is 9.52. The number of benzene rings is 1. The Morgan fingerprint density at radius 1 is 1.42 bits per heavy atom. The fourth-order valence-electron chi connectivity index (χ4n) is 1.69. The number of nitrogens with zero attached hydrogens (tertiary/aromatic N) is 3. The number of amides is 1. The van der Waals surface area contributed by atoms with E-state index in [-0.39, 0.29) is 11.1 Å². The molecule has 0 saturated heterocycles. The standard InChI is InChI=1S/C15H17ClFN3O3S/c1-4-8(3)23-15(22)12(5-2)24-13-6-9(14(21)19-20-18)11(17)7-10(13)16/h6-8,12H,4-5H2,1-3H3. The van der Waals surface area contributed by atoms with Gasteiger partial charge in [0.05, 0.1) is 16.7 Å². The number of hydrogen-bond acceptors (Lipinski definition) is 4. The summed E-state index contributed by atoms with van der Waals surface area (Å²) in [5.41, 5.74) is 7.90. The zero-order valence-corrected chi connectivity index (χ0v) is 15.0. The molecule has 0 aliphatic heterocycles. The minimum absolute atomic E-state index is 0.0600. The van der Waals surface area contributed by atoms with E-state index >= 15 is 0 Å². The molecule has 0 saturated carbocycles. The predicted molar refractivity (Wildman–Crippen MR) is 90.7 cm³/mol. The molecule has 0 spiro atoms. The molecule has 2 unspecified atom stereocenters. The Morgan fingerprint density at radius 3 is 2.62 bits per heavy atom. The first kappa shape index (κ1) is 20.3. The van der Waals surface area contributed by atoms with E-state index in [2.05, 4.69) is 10.0 Å². The average Bonchev–Trinajstić information content (AvgIpc) is 2.53. The van der Waals surface area contributed by atoms with E-state index in [0.717, 1.165) is 17.8 Å². The molecule has 0 aliphatic carbocycles. The van der Waals surface area contributed by atoms with Crippen molar-refractivity contribution in [3.8, 4) is 0 Å². The van der Waals surface area contributed by atoms with E-state index in [0.29, 0.717) is 17.7 Å².